The predicted octanol–water partition coefficient (Wildman–Crippen LogP) is 3.46. The van der Waals surface area contributed by atoms with E-state index in [4.69, 9.17) is 0 Å². The molecule has 0 fully saturated rings. The fourth-order valence-electron chi connectivity index (χ4n) is 1.77. The molecule has 84 valence electrons. The first-order valence-corrected chi connectivity index (χ1v) is 5.92. The van der Waals surface area contributed by atoms with E-state index in [0.29, 0.717) is 0 Å². The fourth-order valence-corrected chi connectivity index (χ4v) is 1.77. The third kappa shape index (κ3) is 3.98. The number of unbranched alkanes of at least 4 members (excludes halogenated alkanes) is 1. The molecule has 1 aromatic heterocycles. The Hall–Kier alpha value is -0.920. The molecular weight excluding hydrogens is 184 g/mol. The maximum absolute atomic E-state index is 4.56. The van der Waals surface area contributed by atoms with E-state index in [-0.39, 0.29) is 0 Å². The zero-order valence-electron chi connectivity index (χ0n) is 10.4. The first-order chi connectivity index (χ1) is 7.13. The van der Waals surface area contributed by atoms with Gasteiger partial charge >= 0.3 is 0 Å². The van der Waals surface area contributed by atoms with Crippen molar-refractivity contribution in [1.29, 1.82) is 0 Å². The predicted molar refractivity (Wildman–Crippen MR) is 63.9 cm³/mol. The van der Waals surface area contributed by atoms with Gasteiger partial charge in [-0.05, 0) is 26.2 Å². The van der Waals surface area contributed by atoms with Crippen molar-refractivity contribution in [2.45, 2.75) is 53.4 Å². The van der Waals surface area contributed by atoms with E-state index in [0.717, 1.165) is 23.7 Å². The van der Waals surface area contributed by atoms with Crippen LogP contribution < -0.4 is 0 Å². The van der Waals surface area contributed by atoms with Crippen molar-refractivity contribution in [2.24, 2.45) is 5.92 Å². The molecule has 2 nitrogen and oxygen atoms in total. The molecular formula is C13H22N2. The summed E-state index contributed by atoms with van der Waals surface area (Å²) in [4.78, 5) is 8.91. The second-order valence-corrected chi connectivity index (χ2v) is 4.50. The Morgan fingerprint density at radius 2 is 2.07 bits per heavy atom. The summed E-state index contributed by atoms with van der Waals surface area (Å²) in [5.74, 6) is 0.722. The molecule has 0 aliphatic rings. The molecule has 1 unspecified atom stereocenters. The van der Waals surface area contributed by atoms with E-state index in [1.54, 1.807) is 0 Å². The van der Waals surface area contributed by atoms with E-state index < -0.39 is 0 Å². The highest BCUT2D eigenvalue weighted by molar-refractivity contribution is 5.12. The summed E-state index contributed by atoms with van der Waals surface area (Å²) in [5.41, 5.74) is 3.29. The Morgan fingerprint density at radius 1 is 1.33 bits per heavy atom. The monoisotopic (exact) mass is 206 g/mol. The van der Waals surface area contributed by atoms with E-state index in [1.165, 1.54) is 25.0 Å². The summed E-state index contributed by atoms with van der Waals surface area (Å²) >= 11 is 0. The van der Waals surface area contributed by atoms with E-state index in [2.05, 4.69) is 23.8 Å². The van der Waals surface area contributed by atoms with Gasteiger partial charge in [-0.3, -0.25) is 9.97 Å². The third-order valence-electron chi connectivity index (χ3n) is 2.77. The van der Waals surface area contributed by atoms with Crippen molar-refractivity contribution in [2.75, 3.05) is 0 Å². The topological polar surface area (TPSA) is 25.8 Å². The van der Waals surface area contributed by atoms with Gasteiger partial charge in [-0.15, -0.1) is 0 Å². The molecule has 1 rings (SSSR count). The zero-order valence-corrected chi connectivity index (χ0v) is 10.4. The van der Waals surface area contributed by atoms with E-state index in [1.807, 2.05) is 20.0 Å². The molecule has 0 saturated carbocycles. The van der Waals surface area contributed by atoms with Crippen molar-refractivity contribution < 1.29 is 0 Å². The van der Waals surface area contributed by atoms with E-state index in [9.17, 15) is 0 Å². The zero-order chi connectivity index (χ0) is 11.3. The number of aryl methyl sites for hydroxylation is 2. The van der Waals surface area contributed by atoms with E-state index >= 15 is 0 Å². The Kier molecular flexibility index (Phi) is 4.73. The molecule has 0 spiro atoms. The number of rotatable bonds is 5. The van der Waals surface area contributed by atoms with Gasteiger partial charge in [0.05, 0.1) is 17.1 Å². The van der Waals surface area contributed by atoms with Crippen LogP contribution in [0.3, 0.4) is 0 Å². The van der Waals surface area contributed by atoms with Crippen LogP contribution in [0.4, 0.5) is 0 Å². The molecule has 0 N–H and O–H groups in total. The van der Waals surface area contributed by atoms with Crippen molar-refractivity contribution in [3.63, 3.8) is 0 Å². The molecule has 0 aliphatic carbocycles. The number of hydrogen-bond donors (Lipinski definition) is 0. The van der Waals surface area contributed by atoms with Crippen molar-refractivity contribution >= 4 is 0 Å². The molecule has 0 saturated heterocycles. The minimum absolute atomic E-state index is 0.722. The SMILES string of the molecule is CCCCC(C)Cc1nc(C)cnc1C. The molecule has 0 aliphatic heterocycles. The van der Waals surface area contributed by atoms with Crippen molar-refractivity contribution in [3.05, 3.63) is 23.3 Å². The molecule has 1 heterocycles. The molecule has 0 amide bonds. The smallest absolute Gasteiger partial charge is 0.0621 e. The van der Waals surface area contributed by atoms with Gasteiger partial charge in [0.25, 0.3) is 0 Å². The second kappa shape index (κ2) is 5.84. The molecule has 15 heavy (non-hydrogen) atoms. The quantitative estimate of drug-likeness (QED) is 0.737. The highest BCUT2D eigenvalue weighted by atomic mass is 14.8. The first kappa shape index (κ1) is 12.2. The number of aromatic nitrogens is 2. The van der Waals surface area contributed by atoms with Crippen LogP contribution in [0.5, 0.6) is 0 Å². The standard InChI is InChI=1S/C13H22N2/c1-5-6-7-10(2)8-13-12(4)14-9-11(3)15-13/h9-10H,5-8H2,1-4H3. The lowest BCUT2D eigenvalue weighted by molar-refractivity contribution is 0.496. The lowest BCUT2D eigenvalue weighted by atomic mass is 9.98. The van der Waals surface area contributed by atoms with Gasteiger partial charge in [-0.2, -0.15) is 0 Å². The van der Waals surface area contributed by atoms with Crippen LogP contribution >= 0.6 is 0 Å². The van der Waals surface area contributed by atoms with Gasteiger partial charge in [-0.25, -0.2) is 0 Å². The largest absolute Gasteiger partial charge is 0.258 e. The van der Waals surface area contributed by atoms with Crippen LogP contribution in [0.15, 0.2) is 6.20 Å². The average Bonchev–Trinajstić information content (AvgIpc) is 2.20. The summed E-state index contributed by atoms with van der Waals surface area (Å²) in [6.07, 6.45) is 6.81. The van der Waals surface area contributed by atoms with Crippen molar-refractivity contribution in [1.82, 2.24) is 9.97 Å². The van der Waals surface area contributed by atoms with Crippen LogP contribution in [0.1, 0.15) is 50.2 Å². The van der Waals surface area contributed by atoms with Crippen molar-refractivity contribution in [3.8, 4) is 0 Å². The maximum atomic E-state index is 4.56. The molecule has 2 heteroatoms. The molecule has 0 radical (unpaired) electrons. The molecule has 1 atom stereocenters. The Labute approximate surface area is 93.2 Å². The minimum Gasteiger partial charge on any atom is -0.258 e. The lowest BCUT2D eigenvalue weighted by Gasteiger charge is -2.11. The van der Waals surface area contributed by atoms with Crippen LogP contribution in [-0.4, -0.2) is 9.97 Å². The molecule has 0 bridgehead atoms. The van der Waals surface area contributed by atoms with Crippen LogP contribution in [-0.2, 0) is 6.42 Å². The minimum atomic E-state index is 0.722. The van der Waals surface area contributed by atoms with Crippen LogP contribution in [0.25, 0.3) is 0 Å². The maximum Gasteiger partial charge on any atom is 0.0621 e. The molecule has 0 aromatic carbocycles. The van der Waals surface area contributed by atoms with Crippen LogP contribution in [0.2, 0.25) is 0 Å². The summed E-state index contributed by atoms with van der Waals surface area (Å²) in [5, 5.41) is 0. The van der Waals surface area contributed by atoms with Gasteiger partial charge in [0.1, 0.15) is 0 Å². The highest BCUT2D eigenvalue weighted by Crippen LogP contribution is 2.15. The number of hydrogen-bond acceptors (Lipinski definition) is 2. The van der Waals surface area contributed by atoms with Gasteiger partial charge in [-0.1, -0.05) is 33.1 Å². The van der Waals surface area contributed by atoms with Gasteiger partial charge in [0.2, 0.25) is 0 Å². The van der Waals surface area contributed by atoms with Gasteiger partial charge in [0.15, 0.2) is 0 Å². The average molecular weight is 206 g/mol. The Bertz CT molecular complexity index is 307. The summed E-state index contributed by atoms with van der Waals surface area (Å²) < 4.78 is 0. The molecule has 1 aromatic rings. The third-order valence-corrected chi connectivity index (χ3v) is 2.77. The normalized spacial score (nSPS) is 12.8. The fraction of sp³-hybridized carbons (Fsp3) is 0.692. The highest BCUT2D eigenvalue weighted by Gasteiger charge is 2.07. The first-order valence-electron chi connectivity index (χ1n) is 5.92. The summed E-state index contributed by atoms with van der Waals surface area (Å²) in [7, 11) is 0. The summed E-state index contributed by atoms with van der Waals surface area (Å²) in [6.45, 7) is 8.60. The van der Waals surface area contributed by atoms with Crippen LogP contribution in [0, 0.1) is 19.8 Å². The lowest BCUT2D eigenvalue weighted by Crippen LogP contribution is -2.06. The Balaban J connectivity index is 2.59. The second-order valence-electron chi connectivity index (χ2n) is 4.50. The summed E-state index contributed by atoms with van der Waals surface area (Å²) in [6, 6.07) is 0. The Morgan fingerprint density at radius 3 is 2.73 bits per heavy atom. The number of nitrogens with zero attached hydrogens (tertiary/aromatic N) is 2. The van der Waals surface area contributed by atoms with Gasteiger partial charge in [0, 0.05) is 6.20 Å². The van der Waals surface area contributed by atoms with Gasteiger partial charge < -0.3 is 0 Å².